The zero-order valence-corrected chi connectivity index (χ0v) is 11.4. The average Bonchev–Trinajstić information content (AvgIpc) is 2.80. The number of benzene rings is 1. The van der Waals surface area contributed by atoms with E-state index in [4.69, 9.17) is 9.72 Å². The number of rotatable bonds is 3. The number of nitrogens with zero attached hydrogens (tertiary/aromatic N) is 1. The second-order valence-corrected chi connectivity index (χ2v) is 5.95. The van der Waals surface area contributed by atoms with E-state index in [1.54, 1.807) is 7.11 Å². The topological polar surface area (TPSA) is 34.1 Å². The highest BCUT2D eigenvalue weighted by molar-refractivity contribution is 7.18. The molecule has 0 saturated carbocycles. The van der Waals surface area contributed by atoms with Crippen molar-refractivity contribution >= 4 is 21.6 Å². The largest absolute Gasteiger partial charge is 0.497 e. The minimum atomic E-state index is 0.800. The highest BCUT2D eigenvalue weighted by Gasteiger charge is 2.15. The van der Waals surface area contributed by atoms with Crippen molar-refractivity contribution in [1.82, 2.24) is 10.3 Å². The minimum absolute atomic E-state index is 0.800. The van der Waals surface area contributed by atoms with Gasteiger partial charge in [0.1, 0.15) is 5.75 Å². The Hall–Kier alpha value is -1.13. The van der Waals surface area contributed by atoms with Crippen LogP contribution in [0.25, 0.3) is 10.2 Å². The molecule has 2 aromatic rings. The molecular weight excluding hydrogens is 244 g/mol. The Morgan fingerprint density at radius 1 is 1.39 bits per heavy atom. The van der Waals surface area contributed by atoms with Crippen LogP contribution >= 0.6 is 11.3 Å². The van der Waals surface area contributed by atoms with Crippen LogP contribution < -0.4 is 10.1 Å². The Morgan fingerprint density at radius 3 is 3.00 bits per heavy atom. The third-order valence-corrected chi connectivity index (χ3v) is 4.62. The molecule has 1 fully saturated rings. The lowest BCUT2D eigenvalue weighted by Gasteiger charge is -2.21. The molecule has 0 bridgehead atoms. The van der Waals surface area contributed by atoms with Crippen molar-refractivity contribution < 1.29 is 4.74 Å². The summed E-state index contributed by atoms with van der Waals surface area (Å²) in [5, 5.41) is 4.68. The summed E-state index contributed by atoms with van der Waals surface area (Å²) in [6, 6.07) is 6.14. The summed E-state index contributed by atoms with van der Waals surface area (Å²) < 4.78 is 6.50. The van der Waals surface area contributed by atoms with Gasteiger partial charge in [-0.2, -0.15) is 0 Å². The molecule has 1 aromatic carbocycles. The van der Waals surface area contributed by atoms with E-state index < -0.39 is 0 Å². The molecule has 0 radical (unpaired) electrons. The van der Waals surface area contributed by atoms with Gasteiger partial charge < -0.3 is 10.1 Å². The second kappa shape index (κ2) is 5.24. The second-order valence-electron chi connectivity index (χ2n) is 4.84. The fraction of sp³-hybridized carbons (Fsp3) is 0.500. The molecule has 3 nitrogen and oxygen atoms in total. The van der Waals surface area contributed by atoms with Crippen molar-refractivity contribution in [2.75, 3.05) is 20.2 Å². The molecule has 1 aliphatic rings. The van der Waals surface area contributed by atoms with Gasteiger partial charge in [0.2, 0.25) is 0 Å². The lowest BCUT2D eigenvalue weighted by atomic mass is 9.95. The minimum Gasteiger partial charge on any atom is -0.497 e. The Bertz CT molecular complexity index is 532. The number of methoxy groups -OCH3 is 1. The molecule has 0 amide bonds. The predicted octanol–water partition coefficient (Wildman–Crippen LogP) is 2.85. The van der Waals surface area contributed by atoms with Crippen LogP contribution in [-0.2, 0) is 6.42 Å². The highest BCUT2D eigenvalue weighted by atomic mass is 32.1. The molecule has 4 heteroatoms. The van der Waals surface area contributed by atoms with Crippen LogP contribution in [0.3, 0.4) is 0 Å². The van der Waals surface area contributed by atoms with Crippen LogP contribution in [0.15, 0.2) is 18.2 Å². The van der Waals surface area contributed by atoms with Crippen LogP contribution in [0.1, 0.15) is 17.8 Å². The molecule has 0 atom stereocenters. The van der Waals surface area contributed by atoms with Crippen LogP contribution in [0.4, 0.5) is 0 Å². The van der Waals surface area contributed by atoms with Crippen molar-refractivity contribution in [2.24, 2.45) is 5.92 Å². The molecule has 0 spiro atoms. The van der Waals surface area contributed by atoms with Crippen molar-refractivity contribution in [3.05, 3.63) is 23.2 Å². The van der Waals surface area contributed by atoms with Crippen molar-refractivity contribution in [3.63, 3.8) is 0 Å². The number of hydrogen-bond acceptors (Lipinski definition) is 4. The molecule has 2 heterocycles. The zero-order valence-electron chi connectivity index (χ0n) is 10.6. The zero-order chi connectivity index (χ0) is 12.4. The number of fused-ring (bicyclic) bond motifs is 1. The molecule has 18 heavy (non-hydrogen) atoms. The Kier molecular flexibility index (Phi) is 3.48. The number of hydrogen-bond donors (Lipinski definition) is 1. The van der Waals surface area contributed by atoms with Crippen molar-refractivity contribution in [1.29, 1.82) is 0 Å². The summed E-state index contributed by atoms with van der Waals surface area (Å²) in [6.07, 6.45) is 3.68. The van der Waals surface area contributed by atoms with Crippen LogP contribution in [-0.4, -0.2) is 25.2 Å². The van der Waals surface area contributed by atoms with E-state index in [1.165, 1.54) is 22.5 Å². The number of aromatic nitrogens is 1. The Labute approximate surface area is 111 Å². The summed E-state index contributed by atoms with van der Waals surface area (Å²) in [4.78, 5) is 4.73. The monoisotopic (exact) mass is 262 g/mol. The number of nitrogens with one attached hydrogen (secondary N) is 1. The smallest absolute Gasteiger partial charge is 0.121 e. The molecule has 1 aromatic heterocycles. The summed E-state index contributed by atoms with van der Waals surface area (Å²) in [6.45, 7) is 2.31. The van der Waals surface area contributed by atoms with E-state index in [2.05, 4.69) is 11.4 Å². The van der Waals surface area contributed by atoms with Crippen LogP contribution in [0.2, 0.25) is 0 Å². The van der Waals surface area contributed by atoms with Crippen molar-refractivity contribution in [3.8, 4) is 5.75 Å². The molecule has 0 aliphatic carbocycles. The SMILES string of the molecule is COc1ccc2sc(CC3CCNCC3)nc2c1. The maximum absolute atomic E-state index is 5.24. The van der Waals surface area contributed by atoms with E-state index in [0.29, 0.717) is 0 Å². The number of thiazole rings is 1. The van der Waals surface area contributed by atoms with Crippen LogP contribution in [0.5, 0.6) is 5.75 Å². The van der Waals surface area contributed by atoms with E-state index >= 15 is 0 Å². The first-order valence-corrected chi connectivity index (χ1v) is 7.31. The first kappa shape index (κ1) is 11.9. The van der Waals surface area contributed by atoms with Gasteiger partial charge in [0.25, 0.3) is 0 Å². The van der Waals surface area contributed by atoms with Gasteiger partial charge >= 0.3 is 0 Å². The highest BCUT2D eigenvalue weighted by Crippen LogP contribution is 2.28. The fourth-order valence-electron chi connectivity index (χ4n) is 2.50. The van der Waals surface area contributed by atoms with Gasteiger partial charge in [0.05, 0.1) is 22.3 Å². The van der Waals surface area contributed by atoms with Crippen LogP contribution in [0, 0.1) is 5.92 Å². The van der Waals surface area contributed by atoms with Gasteiger partial charge in [-0.25, -0.2) is 4.98 Å². The van der Waals surface area contributed by atoms with Gasteiger partial charge in [-0.1, -0.05) is 0 Å². The van der Waals surface area contributed by atoms with Gasteiger partial charge in [0.15, 0.2) is 0 Å². The maximum Gasteiger partial charge on any atom is 0.121 e. The fourth-order valence-corrected chi connectivity index (χ4v) is 3.56. The quantitative estimate of drug-likeness (QED) is 0.923. The van der Waals surface area contributed by atoms with E-state index in [9.17, 15) is 0 Å². The normalized spacial score (nSPS) is 17.2. The summed E-state index contributed by atoms with van der Waals surface area (Å²) in [7, 11) is 1.70. The summed E-state index contributed by atoms with van der Waals surface area (Å²) in [5.74, 6) is 1.69. The number of ether oxygens (including phenoxy) is 1. The van der Waals surface area contributed by atoms with Gasteiger partial charge in [0, 0.05) is 12.5 Å². The third kappa shape index (κ3) is 2.49. The molecule has 3 rings (SSSR count). The van der Waals surface area contributed by atoms with E-state index in [0.717, 1.165) is 36.7 Å². The van der Waals surface area contributed by atoms with Crippen molar-refractivity contribution in [2.45, 2.75) is 19.3 Å². The van der Waals surface area contributed by atoms with Gasteiger partial charge in [-0.15, -0.1) is 11.3 Å². The Balaban J connectivity index is 1.79. The third-order valence-electron chi connectivity index (χ3n) is 3.56. The molecule has 1 N–H and O–H groups in total. The molecule has 1 saturated heterocycles. The first-order valence-electron chi connectivity index (χ1n) is 6.49. The van der Waals surface area contributed by atoms with E-state index in [1.807, 2.05) is 23.5 Å². The predicted molar refractivity (Wildman–Crippen MR) is 75.5 cm³/mol. The molecule has 1 aliphatic heterocycles. The number of piperidine rings is 1. The van der Waals surface area contributed by atoms with Gasteiger partial charge in [-0.3, -0.25) is 0 Å². The summed E-state index contributed by atoms with van der Waals surface area (Å²) in [5.41, 5.74) is 1.07. The molecule has 0 unspecified atom stereocenters. The Morgan fingerprint density at radius 2 is 2.22 bits per heavy atom. The first-order chi connectivity index (χ1) is 8.85. The lowest BCUT2D eigenvalue weighted by Crippen LogP contribution is -2.28. The standard InChI is InChI=1S/C14H18N2OS/c1-17-11-2-3-13-12(9-11)16-14(18-13)8-10-4-6-15-7-5-10/h2-3,9-10,15H,4-8H2,1H3. The van der Waals surface area contributed by atoms with E-state index in [-0.39, 0.29) is 0 Å². The molecular formula is C14H18N2OS. The summed E-state index contributed by atoms with van der Waals surface area (Å²) >= 11 is 1.82. The average molecular weight is 262 g/mol. The lowest BCUT2D eigenvalue weighted by molar-refractivity contribution is 0.372. The van der Waals surface area contributed by atoms with Gasteiger partial charge in [-0.05, 0) is 44.0 Å². The maximum atomic E-state index is 5.24. The molecule has 96 valence electrons.